The maximum atomic E-state index is 3.55. The number of hydrogen-bond donors (Lipinski definition) is 2. The van der Waals surface area contributed by atoms with Gasteiger partial charge in [-0.3, -0.25) is 9.80 Å². The smallest absolute Gasteiger partial charge is 0.0349 e. The summed E-state index contributed by atoms with van der Waals surface area (Å²) in [5.41, 5.74) is 1.34. The van der Waals surface area contributed by atoms with Crippen molar-refractivity contribution in [3.8, 4) is 0 Å². The van der Waals surface area contributed by atoms with Crippen molar-refractivity contribution in [2.24, 2.45) is 0 Å². The SMILES string of the molecule is c1cc(CNCC2CN3CCN2CC3)c[nH]1. The van der Waals surface area contributed by atoms with Crippen LogP contribution in [0.25, 0.3) is 0 Å². The van der Waals surface area contributed by atoms with E-state index in [0.717, 1.165) is 19.1 Å². The molecular formula is C12H20N4. The van der Waals surface area contributed by atoms with Gasteiger partial charge < -0.3 is 10.3 Å². The minimum absolute atomic E-state index is 0.724. The molecule has 4 heterocycles. The largest absolute Gasteiger partial charge is 0.367 e. The van der Waals surface area contributed by atoms with Gasteiger partial charge in [-0.1, -0.05) is 0 Å². The molecule has 16 heavy (non-hydrogen) atoms. The van der Waals surface area contributed by atoms with Crippen molar-refractivity contribution in [2.45, 2.75) is 12.6 Å². The molecule has 88 valence electrons. The molecule has 3 aliphatic rings. The van der Waals surface area contributed by atoms with Crippen molar-refractivity contribution in [2.75, 3.05) is 39.3 Å². The molecule has 1 aromatic rings. The Morgan fingerprint density at radius 2 is 2.19 bits per heavy atom. The number of aromatic amines is 1. The first-order valence-electron chi connectivity index (χ1n) is 6.20. The molecule has 0 saturated carbocycles. The number of nitrogens with zero attached hydrogens (tertiary/aromatic N) is 2. The molecule has 0 aromatic carbocycles. The van der Waals surface area contributed by atoms with E-state index in [1.807, 2.05) is 6.20 Å². The second-order valence-electron chi connectivity index (χ2n) is 4.84. The van der Waals surface area contributed by atoms with Crippen molar-refractivity contribution >= 4 is 0 Å². The first kappa shape index (κ1) is 10.3. The highest BCUT2D eigenvalue weighted by atomic mass is 15.3. The average molecular weight is 220 g/mol. The Morgan fingerprint density at radius 3 is 2.81 bits per heavy atom. The fraction of sp³-hybridized carbons (Fsp3) is 0.667. The van der Waals surface area contributed by atoms with Crippen LogP contribution in [0.2, 0.25) is 0 Å². The molecule has 3 aliphatic heterocycles. The molecule has 4 rings (SSSR count). The average Bonchev–Trinajstić information content (AvgIpc) is 2.84. The highest BCUT2D eigenvalue weighted by molar-refractivity contribution is 5.07. The Balaban J connectivity index is 1.45. The number of aromatic nitrogens is 1. The lowest BCUT2D eigenvalue weighted by molar-refractivity contribution is 0.0136. The summed E-state index contributed by atoms with van der Waals surface area (Å²) in [5, 5.41) is 3.55. The van der Waals surface area contributed by atoms with Crippen molar-refractivity contribution in [1.82, 2.24) is 20.1 Å². The van der Waals surface area contributed by atoms with Gasteiger partial charge >= 0.3 is 0 Å². The lowest BCUT2D eigenvalue weighted by Crippen LogP contribution is -2.63. The fourth-order valence-corrected chi connectivity index (χ4v) is 2.77. The van der Waals surface area contributed by atoms with Gasteiger partial charge in [-0.2, -0.15) is 0 Å². The molecule has 1 unspecified atom stereocenters. The summed E-state index contributed by atoms with van der Waals surface area (Å²) in [6.07, 6.45) is 4.04. The van der Waals surface area contributed by atoms with Crippen LogP contribution in [0.15, 0.2) is 18.5 Å². The molecule has 0 amide bonds. The quantitative estimate of drug-likeness (QED) is 0.755. The molecular weight excluding hydrogens is 200 g/mol. The van der Waals surface area contributed by atoms with E-state index in [0.29, 0.717) is 0 Å². The van der Waals surface area contributed by atoms with Gasteiger partial charge in [-0.25, -0.2) is 0 Å². The van der Waals surface area contributed by atoms with E-state index < -0.39 is 0 Å². The van der Waals surface area contributed by atoms with E-state index >= 15 is 0 Å². The van der Waals surface area contributed by atoms with Crippen molar-refractivity contribution in [1.29, 1.82) is 0 Å². The Labute approximate surface area is 96.6 Å². The summed E-state index contributed by atoms with van der Waals surface area (Å²) >= 11 is 0. The fourth-order valence-electron chi connectivity index (χ4n) is 2.77. The van der Waals surface area contributed by atoms with Gasteiger partial charge in [0.1, 0.15) is 0 Å². The third-order valence-electron chi connectivity index (χ3n) is 3.76. The highest BCUT2D eigenvalue weighted by Crippen LogP contribution is 2.14. The monoisotopic (exact) mass is 220 g/mol. The minimum Gasteiger partial charge on any atom is -0.367 e. The standard InChI is InChI=1S/C12H20N4/c1-2-13-7-11(1)8-14-9-12-10-15-3-5-16(12)6-4-15/h1-2,7,12-14H,3-6,8-10H2. The second kappa shape index (κ2) is 4.57. The molecule has 0 radical (unpaired) electrons. The third kappa shape index (κ3) is 2.14. The van der Waals surface area contributed by atoms with E-state index in [-0.39, 0.29) is 0 Å². The maximum Gasteiger partial charge on any atom is 0.0349 e. The van der Waals surface area contributed by atoms with Gasteiger partial charge in [0.15, 0.2) is 0 Å². The predicted octanol–water partition coefficient (Wildman–Crippen LogP) is 0.104. The van der Waals surface area contributed by atoms with Gasteiger partial charge in [-0.05, 0) is 11.6 Å². The first-order chi connectivity index (χ1) is 7.92. The van der Waals surface area contributed by atoms with Gasteiger partial charge in [0.05, 0.1) is 0 Å². The summed E-state index contributed by atoms with van der Waals surface area (Å²) in [5.74, 6) is 0. The molecule has 0 aliphatic carbocycles. The molecule has 4 heteroatoms. The zero-order chi connectivity index (χ0) is 10.8. The van der Waals surface area contributed by atoms with Gasteiger partial charge in [0.2, 0.25) is 0 Å². The van der Waals surface area contributed by atoms with Crippen LogP contribution in [0.5, 0.6) is 0 Å². The summed E-state index contributed by atoms with van der Waals surface area (Å²) in [4.78, 5) is 8.30. The number of fused-ring (bicyclic) bond motifs is 3. The minimum atomic E-state index is 0.724. The number of piperazine rings is 3. The zero-order valence-corrected chi connectivity index (χ0v) is 9.65. The van der Waals surface area contributed by atoms with Crippen LogP contribution >= 0.6 is 0 Å². The summed E-state index contributed by atoms with van der Waals surface area (Å²) < 4.78 is 0. The zero-order valence-electron chi connectivity index (χ0n) is 9.65. The lowest BCUT2D eigenvalue weighted by Gasteiger charge is -2.47. The van der Waals surface area contributed by atoms with Gasteiger partial charge in [-0.15, -0.1) is 0 Å². The van der Waals surface area contributed by atoms with E-state index in [9.17, 15) is 0 Å². The molecule has 3 fully saturated rings. The Morgan fingerprint density at radius 1 is 1.31 bits per heavy atom. The van der Waals surface area contributed by atoms with E-state index in [1.54, 1.807) is 0 Å². The van der Waals surface area contributed by atoms with Crippen molar-refractivity contribution in [3.63, 3.8) is 0 Å². The van der Waals surface area contributed by atoms with Crippen LogP contribution in [0.1, 0.15) is 5.56 Å². The van der Waals surface area contributed by atoms with Crippen molar-refractivity contribution < 1.29 is 0 Å². The molecule has 3 saturated heterocycles. The maximum absolute atomic E-state index is 3.55. The highest BCUT2D eigenvalue weighted by Gasteiger charge is 2.31. The topological polar surface area (TPSA) is 34.3 Å². The van der Waals surface area contributed by atoms with E-state index in [2.05, 4.69) is 32.4 Å². The lowest BCUT2D eigenvalue weighted by atomic mass is 10.1. The number of H-pyrrole nitrogens is 1. The normalized spacial score (nSPS) is 33.1. The summed E-state index contributed by atoms with van der Waals surface area (Å²) in [7, 11) is 0. The predicted molar refractivity (Wildman–Crippen MR) is 64.3 cm³/mol. The summed E-state index contributed by atoms with van der Waals surface area (Å²) in [6.45, 7) is 8.41. The Hall–Kier alpha value is -0.840. The molecule has 0 spiro atoms. The number of nitrogens with one attached hydrogen (secondary N) is 2. The Bertz CT molecular complexity index is 314. The van der Waals surface area contributed by atoms with E-state index in [4.69, 9.17) is 0 Å². The van der Waals surface area contributed by atoms with Crippen LogP contribution in [-0.4, -0.2) is 60.1 Å². The van der Waals surface area contributed by atoms with Crippen LogP contribution in [0.3, 0.4) is 0 Å². The van der Waals surface area contributed by atoms with Crippen molar-refractivity contribution in [3.05, 3.63) is 24.0 Å². The molecule has 1 atom stereocenters. The molecule has 1 aromatic heterocycles. The second-order valence-corrected chi connectivity index (χ2v) is 4.84. The molecule has 2 bridgehead atoms. The Kier molecular flexibility index (Phi) is 2.95. The van der Waals surface area contributed by atoms with Crippen LogP contribution in [0, 0.1) is 0 Å². The summed E-state index contributed by atoms with van der Waals surface area (Å²) in [6, 6.07) is 2.85. The first-order valence-corrected chi connectivity index (χ1v) is 6.20. The third-order valence-corrected chi connectivity index (χ3v) is 3.76. The molecule has 4 nitrogen and oxygen atoms in total. The number of rotatable bonds is 4. The molecule has 2 N–H and O–H groups in total. The van der Waals surface area contributed by atoms with Crippen LogP contribution in [0.4, 0.5) is 0 Å². The number of hydrogen-bond acceptors (Lipinski definition) is 3. The van der Waals surface area contributed by atoms with Gasteiger partial charge in [0, 0.05) is 64.2 Å². The van der Waals surface area contributed by atoms with Gasteiger partial charge in [0.25, 0.3) is 0 Å². The van der Waals surface area contributed by atoms with Crippen LogP contribution in [-0.2, 0) is 6.54 Å². The van der Waals surface area contributed by atoms with E-state index in [1.165, 1.54) is 38.3 Å². The van der Waals surface area contributed by atoms with Crippen LogP contribution < -0.4 is 5.32 Å².